The molecule has 3 aromatic carbocycles. The maximum atomic E-state index is 15.1. The number of carbonyl (C=O) groups excluding carboxylic acids is 1. The van der Waals surface area contributed by atoms with Crippen LogP contribution < -0.4 is 14.8 Å². The fourth-order valence-corrected chi connectivity index (χ4v) is 3.58. The lowest BCUT2D eigenvalue weighted by molar-refractivity contribution is 0.0727. The summed E-state index contributed by atoms with van der Waals surface area (Å²) >= 11 is 0. The van der Waals surface area contributed by atoms with E-state index in [9.17, 15) is 4.79 Å². The minimum atomic E-state index is -0.614. The molecule has 1 aliphatic rings. The number of fused-ring (bicyclic) bond motifs is 1. The fourth-order valence-electron chi connectivity index (χ4n) is 3.58. The van der Waals surface area contributed by atoms with Crippen molar-refractivity contribution in [2.24, 2.45) is 0 Å². The van der Waals surface area contributed by atoms with Crippen LogP contribution in [0.2, 0.25) is 0 Å². The number of halogens is 1. The summed E-state index contributed by atoms with van der Waals surface area (Å²) < 4.78 is 26.7. The van der Waals surface area contributed by atoms with Crippen molar-refractivity contribution in [1.82, 2.24) is 5.32 Å². The Labute approximate surface area is 169 Å². The van der Waals surface area contributed by atoms with Gasteiger partial charge in [0.25, 0.3) is 0 Å². The Bertz CT molecular complexity index is 1020. The predicted octanol–water partition coefficient (Wildman–Crippen LogP) is 4.58. The highest BCUT2D eigenvalue weighted by Gasteiger charge is 2.29. The van der Waals surface area contributed by atoms with Gasteiger partial charge in [-0.05, 0) is 37.6 Å². The van der Waals surface area contributed by atoms with Crippen LogP contribution in [0.15, 0.2) is 60.7 Å². The van der Waals surface area contributed by atoms with E-state index in [0.717, 1.165) is 11.1 Å². The second-order valence-electron chi connectivity index (χ2n) is 7.00. The summed E-state index contributed by atoms with van der Waals surface area (Å²) in [6.07, 6.45) is 0.586. The second-order valence-corrected chi connectivity index (χ2v) is 7.00. The van der Waals surface area contributed by atoms with Crippen LogP contribution in [-0.4, -0.2) is 12.5 Å². The zero-order valence-electron chi connectivity index (χ0n) is 16.2. The molecule has 0 amide bonds. The van der Waals surface area contributed by atoms with Gasteiger partial charge in [-0.1, -0.05) is 48.5 Å². The lowest BCUT2D eigenvalue weighted by Gasteiger charge is -2.25. The van der Waals surface area contributed by atoms with E-state index in [1.165, 1.54) is 0 Å². The van der Waals surface area contributed by atoms with E-state index in [2.05, 4.69) is 5.32 Å². The van der Waals surface area contributed by atoms with Gasteiger partial charge in [-0.15, -0.1) is 0 Å². The Hall–Kier alpha value is -3.18. The lowest BCUT2D eigenvalue weighted by Crippen LogP contribution is -2.27. The number of carbonyl (C=O) groups is 1. The van der Waals surface area contributed by atoms with Crippen LogP contribution in [0.3, 0.4) is 0 Å². The van der Waals surface area contributed by atoms with E-state index in [1.54, 1.807) is 31.2 Å². The van der Waals surface area contributed by atoms with Gasteiger partial charge in [-0.3, -0.25) is 0 Å². The van der Waals surface area contributed by atoms with E-state index in [-0.39, 0.29) is 23.6 Å². The van der Waals surface area contributed by atoms with Gasteiger partial charge in [-0.25, -0.2) is 9.18 Å². The first kappa shape index (κ1) is 19.2. The van der Waals surface area contributed by atoms with Gasteiger partial charge in [0, 0.05) is 23.2 Å². The molecule has 4 nitrogen and oxygen atoms in total. The first-order valence-corrected chi connectivity index (χ1v) is 9.63. The van der Waals surface area contributed by atoms with Crippen LogP contribution in [0, 0.1) is 12.7 Å². The predicted molar refractivity (Wildman–Crippen MR) is 109 cm³/mol. The Morgan fingerprint density at radius 1 is 1.03 bits per heavy atom. The molecule has 0 spiro atoms. The summed E-state index contributed by atoms with van der Waals surface area (Å²) in [7, 11) is 0. The molecule has 0 fully saturated rings. The van der Waals surface area contributed by atoms with Crippen LogP contribution in [0.4, 0.5) is 4.39 Å². The van der Waals surface area contributed by atoms with Crippen LogP contribution in [0.25, 0.3) is 0 Å². The highest BCUT2D eigenvalue weighted by molar-refractivity contribution is 5.96. The number of rotatable bonds is 5. The van der Waals surface area contributed by atoms with E-state index in [0.29, 0.717) is 36.6 Å². The molecule has 3 aromatic rings. The maximum Gasteiger partial charge on any atom is 0.347 e. The Balaban J connectivity index is 1.75. The smallest absolute Gasteiger partial charge is 0.347 e. The lowest BCUT2D eigenvalue weighted by atomic mass is 9.92. The summed E-state index contributed by atoms with van der Waals surface area (Å²) in [6, 6.07) is 18.5. The highest BCUT2D eigenvalue weighted by Crippen LogP contribution is 2.36. The number of nitrogens with one attached hydrogen (secondary N) is 1. The number of para-hydroxylation sites is 1. The average Bonchev–Trinajstić information content (AvgIpc) is 2.76. The maximum absolute atomic E-state index is 15.1. The molecule has 0 unspecified atom stereocenters. The standard InChI is InChI=1S/C24H22FNO3/c1-16-21(24(27)29-18-10-6-3-7-11-18)23(28-15-17-8-4-2-5-9-17)19-12-13-26-14-20(19)22(16)25/h2-11,26H,12-15H2,1H3. The number of hydrogen-bond donors (Lipinski definition) is 1. The first-order chi connectivity index (χ1) is 14.1. The molecule has 1 aliphatic heterocycles. The molecule has 29 heavy (non-hydrogen) atoms. The van der Waals surface area contributed by atoms with Crippen LogP contribution in [-0.2, 0) is 19.6 Å². The topological polar surface area (TPSA) is 47.6 Å². The van der Waals surface area contributed by atoms with Gasteiger partial charge >= 0.3 is 5.97 Å². The Morgan fingerprint density at radius 3 is 2.45 bits per heavy atom. The van der Waals surface area contributed by atoms with Crippen molar-refractivity contribution in [2.45, 2.75) is 26.5 Å². The zero-order chi connectivity index (χ0) is 20.2. The quantitative estimate of drug-likeness (QED) is 0.511. The molecule has 4 rings (SSSR count). The number of ether oxygens (including phenoxy) is 2. The van der Waals surface area contributed by atoms with Crippen molar-refractivity contribution in [3.63, 3.8) is 0 Å². The van der Waals surface area contributed by atoms with Crippen molar-refractivity contribution in [3.8, 4) is 11.5 Å². The molecule has 0 saturated heterocycles. The third-order valence-corrected chi connectivity index (χ3v) is 5.07. The summed E-state index contributed by atoms with van der Waals surface area (Å²) in [5, 5.41) is 3.19. The van der Waals surface area contributed by atoms with Crippen LogP contribution in [0.1, 0.15) is 32.6 Å². The molecule has 0 bridgehead atoms. The second kappa shape index (κ2) is 8.45. The average molecular weight is 391 g/mol. The van der Waals surface area contributed by atoms with Crippen LogP contribution >= 0.6 is 0 Å². The van der Waals surface area contributed by atoms with Crippen molar-refractivity contribution in [1.29, 1.82) is 0 Å². The van der Waals surface area contributed by atoms with Crippen LogP contribution in [0.5, 0.6) is 11.5 Å². The molecule has 1 heterocycles. The summed E-state index contributed by atoms with van der Waals surface area (Å²) in [5.74, 6) is -0.160. The van der Waals surface area contributed by atoms with Crippen molar-refractivity contribution in [3.05, 3.63) is 94.3 Å². The van der Waals surface area contributed by atoms with Crippen molar-refractivity contribution >= 4 is 5.97 Å². The SMILES string of the molecule is Cc1c(F)c2c(c(OCc3ccccc3)c1C(=O)Oc1ccccc1)CCNC2. The van der Waals surface area contributed by atoms with Gasteiger partial charge in [0.05, 0.1) is 0 Å². The van der Waals surface area contributed by atoms with E-state index >= 15 is 4.39 Å². The number of esters is 1. The summed E-state index contributed by atoms with van der Waals surface area (Å²) in [6.45, 7) is 3.00. The van der Waals surface area contributed by atoms with E-state index < -0.39 is 5.97 Å². The molecule has 148 valence electrons. The summed E-state index contributed by atoms with van der Waals surface area (Å²) in [5.41, 5.74) is 2.68. The first-order valence-electron chi connectivity index (χ1n) is 9.63. The Morgan fingerprint density at radius 2 is 1.72 bits per heavy atom. The molecule has 0 radical (unpaired) electrons. The van der Waals surface area contributed by atoms with E-state index in [4.69, 9.17) is 9.47 Å². The molecule has 0 aliphatic carbocycles. The Kier molecular flexibility index (Phi) is 5.58. The number of hydrogen-bond acceptors (Lipinski definition) is 4. The summed E-state index contributed by atoms with van der Waals surface area (Å²) in [4.78, 5) is 13.0. The van der Waals surface area contributed by atoms with Gasteiger partial charge in [0.2, 0.25) is 0 Å². The van der Waals surface area contributed by atoms with Gasteiger partial charge < -0.3 is 14.8 Å². The third kappa shape index (κ3) is 4.00. The van der Waals surface area contributed by atoms with Gasteiger partial charge in [-0.2, -0.15) is 0 Å². The molecule has 5 heteroatoms. The largest absolute Gasteiger partial charge is 0.488 e. The molecular weight excluding hydrogens is 369 g/mol. The minimum Gasteiger partial charge on any atom is -0.488 e. The van der Waals surface area contributed by atoms with Gasteiger partial charge in [0.15, 0.2) is 0 Å². The van der Waals surface area contributed by atoms with Crippen molar-refractivity contribution in [2.75, 3.05) is 6.54 Å². The fraction of sp³-hybridized carbons (Fsp3) is 0.208. The third-order valence-electron chi connectivity index (χ3n) is 5.07. The highest BCUT2D eigenvalue weighted by atomic mass is 19.1. The zero-order valence-corrected chi connectivity index (χ0v) is 16.2. The molecule has 0 saturated carbocycles. The molecule has 1 N–H and O–H groups in total. The molecular formula is C24H22FNO3. The number of benzene rings is 3. The minimum absolute atomic E-state index is 0.155. The van der Waals surface area contributed by atoms with Gasteiger partial charge in [0.1, 0.15) is 29.5 Å². The van der Waals surface area contributed by atoms with E-state index in [1.807, 2.05) is 36.4 Å². The molecule has 0 atom stereocenters. The monoisotopic (exact) mass is 391 g/mol. The normalized spacial score (nSPS) is 12.9. The van der Waals surface area contributed by atoms with Crippen molar-refractivity contribution < 1.29 is 18.7 Å². The molecule has 0 aromatic heterocycles.